The molecule has 330 valence electrons. The van der Waals surface area contributed by atoms with Gasteiger partial charge in [0.2, 0.25) is 5.95 Å². The first-order valence-electron chi connectivity index (χ1n) is 23.9. The summed E-state index contributed by atoms with van der Waals surface area (Å²) in [6.45, 7) is 0. The van der Waals surface area contributed by atoms with Crippen LogP contribution in [0.5, 0.6) is 0 Å². The van der Waals surface area contributed by atoms with Crippen molar-refractivity contribution in [2.75, 3.05) is 0 Å². The van der Waals surface area contributed by atoms with Gasteiger partial charge in [-0.15, -0.1) is 34.0 Å². The van der Waals surface area contributed by atoms with Crippen molar-refractivity contribution in [1.82, 2.24) is 19.1 Å². The molecular weight excluding hydrogens is 921 g/mol. The molecule has 0 saturated carbocycles. The molecule has 0 saturated heterocycles. The van der Waals surface area contributed by atoms with E-state index in [9.17, 15) is 0 Å². The van der Waals surface area contributed by atoms with Crippen molar-refractivity contribution in [3.63, 3.8) is 0 Å². The van der Waals surface area contributed by atoms with Crippen molar-refractivity contribution in [2.45, 2.75) is 0 Å². The maximum atomic E-state index is 5.58. The van der Waals surface area contributed by atoms with E-state index in [4.69, 9.17) is 9.97 Å². The third-order valence-corrected chi connectivity index (χ3v) is 18.0. The fourth-order valence-corrected chi connectivity index (χ4v) is 14.6. The lowest BCUT2D eigenvalue weighted by Crippen LogP contribution is -2.04. The van der Waals surface area contributed by atoms with Gasteiger partial charge in [-0.1, -0.05) is 127 Å². The Bertz CT molecular complexity index is 4770. The number of thiophene rings is 3. The van der Waals surface area contributed by atoms with Crippen LogP contribution in [0.2, 0.25) is 0 Å². The molecule has 6 heterocycles. The van der Waals surface area contributed by atoms with E-state index in [1.54, 1.807) is 0 Å². The van der Waals surface area contributed by atoms with Gasteiger partial charge in [0.25, 0.3) is 0 Å². The molecule has 0 aliphatic rings. The molecule has 0 unspecified atom stereocenters. The molecule has 4 nitrogen and oxygen atoms in total. The summed E-state index contributed by atoms with van der Waals surface area (Å²) >= 11 is 5.53. The molecule has 6 aromatic heterocycles. The Hall–Kier alpha value is -8.46. The molecule has 0 N–H and O–H groups in total. The molecule has 0 amide bonds. The number of nitrogens with zero attached hydrogens (tertiary/aromatic N) is 4. The van der Waals surface area contributed by atoms with E-state index in [-0.39, 0.29) is 0 Å². The van der Waals surface area contributed by atoms with Gasteiger partial charge in [0.15, 0.2) is 0 Å². The Kier molecular flexibility index (Phi) is 8.33. The Balaban J connectivity index is 0.949. The summed E-state index contributed by atoms with van der Waals surface area (Å²) < 4.78 is 12.5. The molecule has 0 bridgehead atoms. The largest absolute Gasteiger partial charge is 0.309 e. The molecule has 16 rings (SSSR count). The second-order valence-electron chi connectivity index (χ2n) is 18.5. The maximum Gasteiger partial charge on any atom is 0.235 e. The Morgan fingerprint density at radius 2 is 0.746 bits per heavy atom. The quantitative estimate of drug-likeness (QED) is 0.172. The van der Waals surface area contributed by atoms with Gasteiger partial charge in [0.05, 0.1) is 33.5 Å². The van der Waals surface area contributed by atoms with Crippen LogP contribution in [0.1, 0.15) is 0 Å². The van der Waals surface area contributed by atoms with E-state index >= 15 is 0 Å². The summed E-state index contributed by atoms with van der Waals surface area (Å²) in [5.41, 5.74) is 11.8. The zero-order chi connectivity index (χ0) is 46.3. The first-order valence-corrected chi connectivity index (χ1v) is 26.3. The molecule has 71 heavy (non-hydrogen) atoms. The summed E-state index contributed by atoms with van der Waals surface area (Å²) in [4.78, 5) is 11.2. The van der Waals surface area contributed by atoms with Crippen molar-refractivity contribution in [2.24, 2.45) is 0 Å². The number of para-hydroxylation sites is 2. The third-order valence-electron chi connectivity index (χ3n) is 14.5. The molecule has 0 aliphatic carbocycles. The lowest BCUT2D eigenvalue weighted by molar-refractivity contribution is 0.996. The van der Waals surface area contributed by atoms with Crippen molar-refractivity contribution in [1.29, 1.82) is 0 Å². The monoisotopic (exact) mass is 956 g/mol. The third kappa shape index (κ3) is 5.88. The van der Waals surface area contributed by atoms with Crippen LogP contribution in [0.4, 0.5) is 0 Å². The summed E-state index contributed by atoms with van der Waals surface area (Å²) in [6, 6.07) is 80.2. The SMILES string of the molecule is c1cc(-c2ccc3sc4ccccc4c3c2)cc(-n2c3ccccc3c3ccc4c(c5ccccc5n4-c4nc(-c5ccc6sc7ccccc7c6c5)cc(-c5ccc6sc7ccccc7c6c5)n4)c32)c1. The van der Waals surface area contributed by atoms with Crippen LogP contribution < -0.4 is 0 Å². The molecule has 0 spiro atoms. The molecule has 0 fully saturated rings. The first-order chi connectivity index (χ1) is 35.2. The van der Waals surface area contributed by atoms with Gasteiger partial charge in [-0.2, -0.15) is 0 Å². The molecule has 7 heteroatoms. The summed E-state index contributed by atoms with van der Waals surface area (Å²) in [6.07, 6.45) is 0. The maximum absolute atomic E-state index is 5.58. The second kappa shape index (κ2) is 15.0. The van der Waals surface area contributed by atoms with Gasteiger partial charge >= 0.3 is 0 Å². The van der Waals surface area contributed by atoms with E-state index in [1.807, 2.05) is 34.0 Å². The molecule has 0 atom stereocenters. The second-order valence-corrected chi connectivity index (χ2v) is 21.7. The van der Waals surface area contributed by atoms with Crippen molar-refractivity contribution < 1.29 is 0 Å². The number of aromatic nitrogens is 4. The summed E-state index contributed by atoms with van der Waals surface area (Å²) in [5, 5.41) is 12.4. The van der Waals surface area contributed by atoms with Crippen LogP contribution in [-0.2, 0) is 0 Å². The number of hydrogen-bond donors (Lipinski definition) is 0. The first kappa shape index (κ1) is 39.4. The van der Waals surface area contributed by atoms with E-state index in [0.717, 1.165) is 55.7 Å². The van der Waals surface area contributed by atoms with Gasteiger partial charge < -0.3 is 4.57 Å². The highest BCUT2D eigenvalue weighted by Gasteiger charge is 2.23. The Labute approximate surface area is 418 Å². The lowest BCUT2D eigenvalue weighted by Gasteiger charge is -2.13. The molecular formula is C64H36N4S3. The average molecular weight is 957 g/mol. The molecule has 10 aromatic carbocycles. The van der Waals surface area contributed by atoms with Crippen LogP contribution in [-0.4, -0.2) is 19.1 Å². The van der Waals surface area contributed by atoms with Crippen LogP contribution in [0.15, 0.2) is 218 Å². The van der Waals surface area contributed by atoms with E-state index < -0.39 is 0 Å². The summed E-state index contributed by atoms with van der Waals surface area (Å²) in [5.74, 6) is 0.634. The number of hydrogen-bond acceptors (Lipinski definition) is 5. The Morgan fingerprint density at radius 3 is 1.34 bits per heavy atom. The minimum absolute atomic E-state index is 0.634. The van der Waals surface area contributed by atoms with Crippen molar-refractivity contribution in [3.8, 4) is 45.3 Å². The minimum atomic E-state index is 0.634. The fraction of sp³-hybridized carbons (Fsp3) is 0. The Morgan fingerprint density at radius 1 is 0.282 bits per heavy atom. The lowest BCUT2D eigenvalue weighted by atomic mass is 10.0. The normalized spacial score (nSPS) is 12.2. The molecule has 0 aliphatic heterocycles. The van der Waals surface area contributed by atoms with Crippen molar-refractivity contribution in [3.05, 3.63) is 218 Å². The molecule has 16 aromatic rings. The van der Waals surface area contributed by atoms with Crippen LogP contribution in [0.3, 0.4) is 0 Å². The van der Waals surface area contributed by atoms with Crippen LogP contribution in [0.25, 0.3) is 149 Å². The number of benzene rings is 10. The zero-order valence-electron chi connectivity index (χ0n) is 37.8. The smallest absolute Gasteiger partial charge is 0.235 e. The number of fused-ring (bicyclic) bond motifs is 16. The van der Waals surface area contributed by atoms with Gasteiger partial charge in [0.1, 0.15) is 0 Å². The predicted octanol–water partition coefficient (Wildman–Crippen LogP) is 18.8. The van der Waals surface area contributed by atoms with Gasteiger partial charge in [-0.3, -0.25) is 4.57 Å². The predicted molar refractivity (Wildman–Crippen MR) is 306 cm³/mol. The van der Waals surface area contributed by atoms with Gasteiger partial charge in [0, 0.05) is 98.9 Å². The number of rotatable bonds is 5. The highest BCUT2D eigenvalue weighted by Crippen LogP contribution is 2.44. The highest BCUT2D eigenvalue weighted by atomic mass is 32.1. The van der Waals surface area contributed by atoms with E-state index in [0.29, 0.717) is 5.95 Å². The zero-order valence-corrected chi connectivity index (χ0v) is 40.2. The molecule has 0 radical (unpaired) electrons. The standard InChI is InChI=1S/C64H36N4S3/c1-6-19-53-42(14-1)46-27-28-55-62(63(46)67(53)41-13-11-12-37(32-41)38-24-29-59-48(33-38)43-15-3-8-21-56(43)69-59)47-18-2-7-20-54(47)68(55)64-65-51(39-25-30-60-49(34-39)44-16-4-9-22-57(44)70-60)36-52(66-64)40-26-31-61-50(35-40)45-17-5-10-23-58(45)71-61/h1-36H. The fourth-order valence-electron chi connectivity index (χ4n) is 11.3. The van der Waals surface area contributed by atoms with Crippen LogP contribution >= 0.6 is 34.0 Å². The average Bonchev–Trinajstić information content (AvgIpc) is 4.24. The van der Waals surface area contributed by atoms with E-state index in [2.05, 4.69) is 228 Å². The minimum Gasteiger partial charge on any atom is -0.309 e. The van der Waals surface area contributed by atoms with Crippen LogP contribution in [0, 0.1) is 0 Å². The topological polar surface area (TPSA) is 35.6 Å². The van der Waals surface area contributed by atoms with Gasteiger partial charge in [-0.05, 0) is 102 Å². The summed E-state index contributed by atoms with van der Waals surface area (Å²) in [7, 11) is 0. The highest BCUT2D eigenvalue weighted by molar-refractivity contribution is 7.26. The van der Waals surface area contributed by atoms with E-state index in [1.165, 1.54) is 87.8 Å². The van der Waals surface area contributed by atoms with Gasteiger partial charge in [-0.25, -0.2) is 9.97 Å². The van der Waals surface area contributed by atoms with Crippen molar-refractivity contribution >= 4 is 138 Å².